The van der Waals surface area contributed by atoms with Gasteiger partial charge in [-0.25, -0.2) is 9.50 Å². The highest BCUT2D eigenvalue weighted by atomic mass is 32.2. The number of fused-ring (bicyclic) bond motifs is 1. The lowest BCUT2D eigenvalue weighted by Crippen LogP contribution is -2.02. The molecule has 0 spiro atoms. The Bertz CT molecular complexity index is 643. The quantitative estimate of drug-likeness (QED) is 0.566. The number of aromatic nitrogens is 5. The minimum Gasteiger partial charge on any atom is -0.359 e. The van der Waals surface area contributed by atoms with Crippen LogP contribution in [0.1, 0.15) is 10.5 Å². The molecule has 18 heavy (non-hydrogen) atoms. The Hall–Kier alpha value is -2.15. The van der Waals surface area contributed by atoms with Crippen molar-refractivity contribution in [1.29, 1.82) is 0 Å². The molecule has 0 fully saturated rings. The van der Waals surface area contributed by atoms with Gasteiger partial charge in [0.2, 0.25) is 5.16 Å². The number of thioether (sulfide) groups is 1. The molecule has 0 amide bonds. The third-order valence-corrected chi connectivity index (χ3v) is 3.17. The van der Waals surface area contributed by atoms with E-state index in [2.05, 4.69) is 20.1 Å². The SMILES string of the molecule is O=C(CSc1nc2ncccn2n1)c1ccc[nH]1. The average molecular weight is 259 g/mol. The van der Waals surface area contributed by atoms with Crippen LogP contribution in [0.4, 0.5) is 0 Å². The van der Waals surface area contributed by atoms with Crippen molar-refractivity contribution in [3.63, 3.8) is 0 Å². The van der Waals surface area contributed by atoms with Gasteiger partial charge in [0.15, 0.2) is 5.78 Å². The first-order chi connectivity index (χ1) is 8.83. The van der Waals surface area contributed by atoms with Gasteiger partial charge >= 0.3 is 0 Å². The van der Waals surface area contributed by atoms with Crippen LogP contribution in [0.15, 0.2) is 41.9 Å². The Balaban J connectivity index is 1.71. The van der Waals surface area contributed by atoms with Gasteiger partial charge in [-0.05, 0) is 18.2 Å². The van der Waals surface area contributed by atoms with Crippen molar-refractivity contribution in [2.24, 2.45) is 0 Å². The molecule has 0 atom stereocenters. The Kier molecular flexibility index (Phi) is 2.81. The molecule has 90 valence electrons. The molecule has 0 unspecified atom stereocenters. The number of hydrogen-bond acceptors (Lipinski definition) is 5. The summed E-state index contributed by atoms with van der Waals surface area (Å²) in [5.41, 5.74) is 0.601. The fourth-order valence-corrected chi connectivity index (χ4v) is 2.19. The lowest BCUT2D eigenvalue weighted by Gasteiger charge is -1.94. The maximum Gasteiger partial charge on any atom is 0.253 e. The largest absolute Gasteiger partial charge is 0.359 e. The van der Waals surface area contributed by atoms with Gasteiger partial charge in [0.05, 0.1) is 11.4 Å². The van der Waals surface area contributed by atoms with E-state index in [0.717, 1.165) is 0 Å². The highest BCUT2D eigenvalue weighted by Crippen LogP contribution is 2.15. The molecule has 0 aromatic carbocycles. The summed E-state index contributed by atoms with van der Waals surface area (Å²) in [6.45, 7) is 0. The number of aromatic amines is 1. The maximum absolute atomic E-state index is 11.8. The summed E-state index contributed by atoms with van der Waals surface area (Å²) in [5.74, 6) is 0.862. The van der Waals surface area contributed by atoms with Crippen LogP contribution < -0.4 is 0 Å². The smallest absolute Gasteiger partial charge is 0.253 e. The number of H-pyrrole nitrogens is 1. The fourth-order valence-electron chi connectivity index (χ4n) is 1.49. The molecule has 0 bridgehead atoms. The zero-order valence-electron chi connectivity index (χ0n) is 9.28. The van der Waals surface area contributed by atoms with Crippen molar-refractivity contribution in [3.05, 3.63) is 42.5 Å². The second-order valence-corrected chi connectivity index (χ2v) is 4.50. The van der Waals surface area contributed by atoms with Crippen LogP contribution in [0.25, 0.3) is 5.78 Å². The van der Waals surface area contributed by atoms with Gasteiger partial charge in [-0.3, -0.25) is 4.79 Å². The number of Topliss-reactive ketones (excluding diaryl/α,β-unsaturated/α-hetero) is 1. The van der Waals surface area contributed by atoms with Gasteiger partial charge in [-0.1, -0.05) is 11.8 Å². The van der Waals surface area contributed by atoms with E-state index in [-0.39, 0.29) is 5.78 Å². The number of rotatable bonds is 4. The molecule has 0 saturated heterocycles. The average Bonchev–Trinajstić information content (AvgIpc) is 3.04. The standard InChI is InChI=1S/C11H9N5OS/c17-9(8-3-1-4-12-8)7-18-11-14-10-13-5-2-6-16(10)15-11/h1-6,12H,7H2. The minimum atomic E-state index is 0.0248. The highest BCUT2D eigenvalue weighted by Gasteiger charge is 2.10. The van der Waals surface area contributed by atoms with Crippen LogP contribution in [0.3, 0.4) is 0 Å². The summed E-state index contributed by atoms with van der Waals surface area (Å²) in [6.07, 6.45) is 5.15. The van der Waals surface area contributed by atoms with Crippen LogP contribution in [-0.4, -0.2) is 36.1 Å². The predicted molar refractivity (Wildman–Crippen MR) is 66.6 cm³/mol. The first kappa shape index (κ1) is 11.0. The molecule has 0 saturated carbocycles. The summed E-state index contributed by atoms with van der Waals surface area (Å²) in [4.78, 5) is 22.9. The number of nitrogens with zero attached hydrogens (tertiary/aromatic N) is 4. The van der Waals surface area contributed by atoms with E-state index in [4.69, 9.17) is 0 Å². The number of nitrogens with one attached hydrogen (secondary N) is 1. The van der Waals surface area contributed by atoms with E-state index in [1.54, 1.807) is 41.3 Å². The normalized spacial score (nSPS) is 10.9. The molecule has 3 aromatic rings. The highest BCUT2D eigenvalue weighted by molar-refractivity contribution is 7.99. The Labute approximate surface area is 106 Å². The zero-order chi connectivity index (χ0) is 12.4. The Morgan fingerprint density at radius 1 is 1.44 bits per heavy atom. The topological polar surface area (TPSA) is 75.9 Å². The molecule has 0 aliphatic carbocycles. The van der Waals surface area contributed by atoms with Gasteiger partial charge < -0.3 is 4.98 Å². The summed E-state index contributed by atoms with van der Waals surface area (Å²) in [6, 6.07) is 5.33. The monoisotopic (exact) mass is 259 g/mol. The Morgan fingerprint density at radius 3 is 3.17 bits per heavy atom. The van der Waals surface area contributed by atoms with E-state index in [1.807, 2.05) is 0 Å². The van der Waals surface area contributed by atoms with E-state index in [0.29, 0.717) is 22.4 Å². The van der Waals surface area contributed by atoms with Crippen molar-refractivity contribution in [1.82, 2.24) is 24.6 Å². The molecule has 3 aromatic heterocycles. The number of carbonyl (C=O) groups excluding carboxylic acids is 1. The fraction of sp³-hybridized carbons (Fsp3) is 0.0909. The second kappa shape index (κ2) is 4.61. The lowest BCUT2D eigenvalue weighted by atomic mass is 10.3. The van der Waals surface area contributed by atoms with Crippen LogP contribution in [0, 0.1) is 0 Å². The predicted octanol–water partition coefficient (Wildman–Crippen LogP) is 1.43. The Morgan fingerprint density at radius 2 is 2.39 bits per heavy atom. The molecule has 6 nitrogen and oxygen atoms in total. The van der Waals surface area contributed by atoms with E-state index >= 15 is 0 Å². The van der Waals surface area contributed by atoms with Crippen molar-refractivity contribution in [2.75, 3.05) is 5.75 Å². The third kappa shape index (κ3) is 2.12. The zero-order valence-corrected chi connectivity index (χ0v) is 10.1. The summed E-state index contributed by atoms with van der Waals surface area (Å²) >= 11 is 1.30. The lowest BCUT2D eigenvalue weighted by molar-refractivity contribution is 0.101. The summed E-state index contributed by atoms with van der Waals surface area (Å²) < 4.78 is 1.58. The first-order valence-corrected chi connectivity index (χ1v) is 6.28. The molecule has 7 heteroatoms. The van der Waals surface area contributed by atoms with Crippen molar-refractivity contribution < 1.29 is 4.79 Å². The van der Waals surface area contributed by atoms with E-state index < -0.39 is 0 Å². The van der Waals surface area contributed by atoms with Crippen LogP contribution in [0.5, 0.6) is 0 Å². The maximum atomic E-state index is 11.8. The second-order valence-electron chi connectivity index (χ2n) is 3.55. The van der Waals surface area contributed by atoms with Gasteiger partial charge in [-0.15, -0.1) is 5.10 Å². The summed E-state index contributed by atoms with van der Waals surface area (Å²) in [7, 11) is 0. The van der Waals surface area contributed by atoms with Gasteiger partial charge in [0, 0.05) is 18.6 Å². The van der Waals surface area contributed by atoms with E-state index in [9.17, 15) is 4.79 Å². The number of carbonyl (C=O) groups is 1. The van der Waals surface area contributed by atoms with Crippen molar-refractivity contribution >= 4 is 23.3 Å². The molecule has 1 N–H and O–H groups in total. The van der Waals surface area contributed by atoms with Crippen molar-refractivity contribution in [3.8, 4) is 0 Å². The molecular formula is C11H9N5OS. The van der Waals surface area contributed by atoms with Gasteiger partial charge in [0.25, 0.3) is 5.78 Å². The third-order valence-electron chi connectivity index (χ3n) is 2.33. The number of ketones is 1. The summed E-state index contributed by atoms with van der Waals surface area (Å²) in [5, 5.41) is 4.76. The van der Waals surface area contributed by atoms with Crippen LogP contribution >= 0.6 is 11.8 Å². The molecule has 0 aliphatic heterocycles. The minimum absolute atomic E-state index is 0.0248. The van der Waals surface area contributed by atoms with Crippen molar-refractivity contribution in [2.45, 2.75) is 5.16 Å². The molecule has 3 rings (SSSR count). The van der Waals surface area contributed by atoms with Crippen LogP contribution in [-0.2, 0) is 0 Å². The van der Waals surface area contributed by atoms with Gasteiger partial charge in [0.1, 0.15) is 0 Å². The molecule has 0 aliphatic rings. The molecule has 3 heterocycles. The van der Waals surface area contributed by atoms with Crippen LogP contribution in [0.2, 0.25) is 0 Å². The number of hydrogen-bond donors (Lipinski definition) is 1. The first-order valence-electron chi connectivity index (χ1n) is 5.30. The van der Waals surface area contributed by atoms with E-state index in [1.165, 1.54) is 11.8 Å². The molecular weight excluding hydrogens is 250 g/mol. The van der Waals surface area contributed by atoms with Gasteiger partial charge in [-0.2, -0.15) is 4.98 Å². The molecule has 0 radical (unpaired) electrons.